The topological polar surface area (TPSA) is 66.0 Å². The molecule has 5 heteroatoms. The fraction of sp³-hybridized carbons (Fsp3) is 0.200. The lowest BCUT2D eigenvalue weighted by Gasteiger charge is -2.07. The number of fused-ring (bicyclic) bond motifs is 1. The van der Waals surface area contributed by atoms with Crippen LogP contribution in [0.1, 0.15) is 19.9 Å². The van der Waals surface area contributed by atoms with Crippen LogP contribution in [0, 0.1) is 0 Å². The van der Waals surface area contributed by atoms with Crippen molar-refractivity contribution in [2.75, 3.05) is 5.73 Å². The molecule has 0 saturated heterocycles. The number of benzene rings is 1. The van der Waals surface area contributed by atoms with Crippen molar-refractivity contribution < 1.29 is 4.74 Å². The molecule has 5 nitrogen and oxygen atoms in total. The first-order valence-electron chi connectivity index (χ1n) is 6.50. The molecule has 0 aliphatic rings. The zero-order valence-corrected chi connectivity index (χ0v) is 11.4. The number of rotatable bonds is 3. The number of anilines is 1. The number of hydrogen-bond donors (Lipinski definition) is 1. The van der Waals surface area contributed by atoms with E-state index in [0.717, 1.165) is 16.7 Å². The molecule has 20 heavy (non-hydrogen) atoms. The van der Waals surface area contributed by atoms with E-state index in [1.165, 1.54) is 0 Å². The second kappa shape index (κ2) is 4.85. The van der Waals surface area contributed by atoms with Gasteiger partial charge < -0.3 is 10.5 Å². The summed E-state index contributed by atoms with van der Waals surface area (Å²) in [5, 5.41) is 5.19. The minimum absolute atomic E-state index is 0.307. The first-order chi connectivity index (χ1) is 9.63. The van der Waals surface area contributed by atoms with E-state index in [-0.39, 0.29) is 0 Å². The van der Waals surface area contributed by atoms with Crippen molar-refractivity contribution in [1.82, 2.24) is 14.8 Å². The summed E-state index contributed by atoms with van der Waals surface area (Å²) in [5.74, 6) is 1.46. The molecule has 2 aromatic heterocycles. The first kappa shape index (κ1) is 12.5. The van der Waals surface area contributed by atoms with Gasteiger partial charge in [-0.15, -0.1) is 0 Å². The van der Waals surface area contributed by atoms with E-state index in [0.29, 0.717) is 17.5 Å². The molecule has 102 valence electrons. The Labute approximate surface area is 117 Å². The van der Waals surface area contributed by atoms with Crippen molar-refractivity contribution in [2.45, 2.75) is 19.9 Å². The highest BCUT2D eigenvalue weighted by molar-refractivity contribution is 5.87. The standard InChI is InChI=1S/C15H16N4O/c1-10(2)19-9-12(8-18-19)20-15-5-6-17-14-7-11(16)3-4-13(14)15/h3-10H,16H2,1-2H3. The fourth-order valence-electron chi connectivity index (χ4n) is 2.01. The molecule has 0 aliphatic carbocycles. The van der Waals surface area contributed by atoms with Crippen molar-refractivity contribution >= 4 is 16.6 Å². The van der Waals surface area contributed by atoms with Crippen molar-refractivity contribution in [1.29, 1.82) is 0 Å². The molecule has 0 spiro atoms. The molecule has 0 fully saturated rings. The molecular formula is C15H16N4O. The minimum atomic E-state index is 0.307. The van der Waals surface area contributed by atoms with Crippen LogP contribution in [0.5, 0.6) is 11.5 Å². The zero-order chi connectivity index (χ0) is 14.1. The van der Waals surface area contributed by atoms with Crippen molar-refractivity contribution in [3.8, 4) is 11.5 Å². The zero-order valence-electron chi connectivity index (χ0n) is 11.4. The van der Waals surface area contributed by atoms with Crippen LogP contribution in [0.15, 0.2) is 42.9 Å². The third-order valence-electron chi connectivity index (χ3n) is 3.06. The maximum absolute atomic E-state index is 5.90. The molecule has 0 saturated carbocycles. The minimum Gasteiger partial charge on any atom is -0.453 e. The first-order valence-corrected chi connectivity index (χ1v) is 6.50. The molecule has 0 bridgehead atoms. The highest BCUT2D eigenvalue weighted by atomic mass is 16.5. The lowest BCUT2D eigenvalue weighted by Crippen LogP contribution is -1.99. The third kappa shape index (κ3) is 2.30. The maximum Gasteiger partial charge on any atom is 0.165 e. The SMILES string of the molecule is CC(C)n1cc(Oc2ccnc3cc(N)ccc23)cn1. The summed E-state index contributed by atoms with van der Waals surface area (Å²) in [6.45, 7) is 4.14. The normalized spacial score (nSPS) is 11.2. The Balaban J connectivity index is 1.97. The van der Waals surface area contributed by atoms with E-state index in [4.69, 9.17) is 10.5 Å². The van der Waals surface area contributed by atoms with Gasteiger partial charge in [0.05, 0.1) is 17.9 Å². The lowest BCUT2D eigenvalue weighted by molar-refractivity contribution is 0.481. The summed E-state index contributed by atoms with van der Waals surface area (Å²) in [7, 11) is 0. The van der Waals surface area contributed by atoms with Gasteiger partial charge in [-0.3, -0.25) is 9.67 Å². The highest BCUT2D eigenvalue weighted by Crippen LogP contribution is 2.29. The van der Waals surface area contributed by atoms with Crippen LogP contribution < -0.4 is 10.5 Å². The number of nitrogens with zero attached hydrogens (tertiary/aromatic N) is 3. The summed E-state index contributed by atoms with van der Waals surface area (Å²) in [4.78, 5) is 4.30. The lowest BCUT2D eigenvalue weighted by atomic mass is 10.2. The smallest absolute Gasteiger partial charge is 0.165 e. The van der Waals surface area contributed by atoms with Gasteiger partial charge >= 0.3 is 0 Å². The Morgan fingerprint density at radius 2 is 2.10 bits per heavy atom. The van der Waals surface area contributed by atoms with E-state index in [1.54, 1.807) is 12.4 Å². The van der Waals surface area contributed by atoms with Crippen molar-refractivity contribution in [3.05, 3.63) is 42.9 Å². The predicted octanol–water partition coefficient (Wildman–Crippen LogP) is 3.39. The van der Waals surface area contributed by atoms with Gasteiger partial charge in [-0.2, -0.15) is 5.10 Å². The van der Waals surface area contributed by atoms with Gasteiger partial charge in [-0.1, -0.05) is 0 Å². The molecule has 0 amide bonds. The largest absolute Gasteiger partial charge is 0.453 e. The average molecular weight is 268 g/mol. The number of aromatic nitrogens is 3. The predicted molar refractivity (Wildman–Crippen MR) is 78.8 cm³/mol. The van der Waals surface area contributed by atoms with Gasteiger partial charge in [0.2, 0.25) is 0 Å². The Kier molecular flexibility index (Phi) is 3.02. The van der Waals surface area contributed by atoms with Gasteiger partial charge in [0.25, 0.3) is 0 Å². The van der Waals surface area contributed by atoms with Gasteiger partial charge in [0.15, 0.2) is 5.75 Å². The molecule has 3 rings (SSSR count). The molecule has 0 unspecified atom stereocenters. The van der Waals surface area contributed by atoms with Crippen LogP contribution in [0.2, 0.25) is 0 Å². The molecule has 2 heterocycles. The Morgan fingerprint density at radius 3 is 2.85 bits per heavy atom. The molecule has 0 radical (unpaired) electrons. The number of nitrogens with two attached hydrogens (primary N) is 1. The molecule has 0 aliphatic heterocycles. The Hall–Kier alpha value is -2.56. The van der Waals surface area contributed by atoms with Crippen LogP contribution in [0.3, 0.4) is 0 Å². The maximum atomic E-state index is 5.90. The van der Waals surface area contributed by atoms with Gasteiger partial charge in [0, 0.05) is 23.3 Å². The van der Waals surface area contributed by atoms with Crippen LogP contribution in [-0.2, 0) is 0 Å². The van der Waals surface area contributed by atoms with Crippen LogP contribution in [-0.4, -0.2) is 14.8 Å². The van der Waals surface area contributed by atoms with Crippen molar-refractivity contribution in [3.63, 3.8) is 0 Å². The Morgan fingerprint density at radius 1 is 1.25 bits per heavy atom. The number of ether oxygens (including phenoxy) is 1. The monoisotopic (exact) mass is 268 g/mol. The molecule has 1 aromatic carbocycles. The third-order valence-corrected chi connectivity index (χ3v) is 3.06. The van der Waals surface area contributed by atoms with E-state index in [2.05, 4.69) is 23.9 Å². The summed E-state index contributed by atoms with van der Waals surface area (Å²) in [6.07, 6.45) is 5.31. The van der Waals surface area contributed by atoms with Crippen molar-refractivity contribution in [2.24, 2.45) is 0 Å². The molecular weight excluding hydrogens is 252 g/mol. The van der Waals surface area contributed by atoms with E-state index in [9.17, 15) is 0 Å². The second-order valence-electron chi connectivity index (χ2n) is 4.94. The Bertz CT molecular complexity index is 748. The van der Waals surface area contributed by atoms with Gasteiger partial charge in [-0.25, -0.2) is 0 Å². The van der Waals surface area contributed by atoms with Crippen LogP contribution in [0.4, 0.5) is 5.69 Å². The van der Waals surface area contributed by atoms with Gasteiger partial charge in [-0.05, 0) is 38.1 Å². The second-order valence-corrected chi connectivity index (χ2v) is 4.94. The number of hydrogen-bond acceptors (Lipinski definition) is 4. The number of nitrogen functional groups attached to an aromatic ring is 1. The molecule has 0 atom stereocenters. The van der Waals surface area contributed by atoms with E-state index < -0.39 is 0 Å². The number of pyridine rings is 1. The van der Waals surface area contributed by atoms with Crippen LogP contribution in [0.25, 0.3) is 10.9 Å². The summed E-state index contributed by atoms with van der Waals surface area (Å²) >= 11 is 0. The molecule has 3 aromatic rings. The van der Waals surface area contributed by atoms with E-state index >= 15 is 0 Å². The summed E-state index contributed by atoms with van der Waals surface area (Å²) in [5.41, 5.74) is 7.28. The quantitative estimate of drug-likeness (QED) is 0.739. The fourth-order valence-corrected chi connectivity index (χ4v) is 2.01. The molecule has 2 N–H and O–H groups in total. The van der Waals surface area contributed by atoms with Crippen LogP contribution >= 0.6 is 0 Å². The summed E-state index contributed by atoms with van der Waals surface area (Å²) in [6, 6.07) is 7.74. The van der Waals surface area contributed by atoms with E-state index in [1.807, 2.05) is 35.1 Å². The highest BCUT2D eigenvalue weighted by Gasteiger charge is 2.07. The van der Waals surface area contributed by atoms with Gasteiger partial charge in [0.1, 0.15) is 5.75 Å². The summed E-state index contributed by atoms with van der Waals surface area (Å²) < 4.78 is 7.76. The average Bonchev–Trinajstić information content (AvgIpc) is 2.87.